The molecule has 0 atom stereocenters. The second kappa shape index (κ2) is 5.02. The van der Waals surface area contributed by atoms with E-state index in [9.17, 15) is 0 Å². The first-order valence-electron chi connectivity index (χ1n) is 4.28. The van der Waals surface area contributed by atoms with Crippen LogP contribution in [0.3, 0.4) is 0 Å². The summed E-state index contributed by atoms with van der Waals surface area (Å²) in [5.41, 5.74) is 0.257. The summed E-state index contributed by atoms with van der Waals surface area (Å²) in [5, 5.41) is 27.1. The first-order chi connectivity index (χ1) is 7.76. The highest BCUT2D eigenvalue weighted by Gasteiger charge is 1.94. The average Bonchev–Trinajstić information content (AvgIpc) is 2.34. The maximum Gasteiger partial charge on any atom is 0.136 e. The van der Waals surface area contributed by atoms with Crippen molar-refractivity contribution in [3.8, 4) is 30.6 Å². The lowest BCUT2D eigenvalue weighted by atomic mass is 10.1. The number of nitrogens with zero attached hydrogens (tertiary/aromatic N) is 3. The molecule has 3 heteroatoms. The maximum absolute atomic E-state index is 8.71. The van der Waals surface area contributed by atoms with Crippen LogP contribution in [0.1, 0.15) is 0 Å². The topological polar surface area (TPSA) is 71.4 Å². The first kappa shape index (κ1) is 11.1. The molecule has 0 aliphatic heterocycles. The van der Waals surface area contributed by atoms with E-state index in [-0.39, 0.29) is 11.1 Å². The third-order valence-corrected chi connectivity index (χ3v) is 1.94. The summed E-state index contributed by atoms with van der Waals surface area (Å²) < 4.78 is 0. The molecule has 0 aliphatic carbocycles. The quantitative estimate of drug-likeness (QED) is 0.565. The Morgan fingerprint density at radius 1 is 0.812 bits per heavy atom. The van der Waals surface area contributed by atoms with E-state index in [1.54, 1.807) is 36.4 Å². The number of rotatable bonds is 0. The molecule has 0 aromatic heterocycles. The van der Waals surface area contributed by atoms with Crippen LogP contribution in [0.5, 0.6) is 0 Å². The van der Waals surface area contributed by atoms with Gasteiger partial charge in [0.05, 0.1) is 0 Å². The van der Waals surface area contributed by atoms with Crippen LogP contribution in [0, 0.1) is 46.3 Å². The van der Waals surface area contributed by atoms with Crippen molar-refractivity contribution < 1.29 is 0 Å². The monoisotopic (exact) mass is 203 g/mol. The minimum atomic E-state index is 0.0331. The fraction of sp³-hybridized carbons (Fsp3) is 0. The molecule has 0 N–H and O–H groups in total. The van der Waals surface area contributed by atoms with Crippen molar-refractivity contribution >= 4 is 11.1 Å². The molecule has 0 fully saturated rings. The number of hydrogen-bond acceptors (Lipinski definition) is 3. The van der Waals surface area contributed by atoms with Gasteiger partial charge < -0.3 is 0 Å². The van der Waals surface area contributed by atoms with Gasteiger partial charge in [0.1, 0.15) is 29.4 Å². The third kappa shape index (κ3) is 2.08. The van der Waals surface area contributed by atoms with Crippen molar-refractivity contribution in [3.63, 3.8) is 0 Å². The van der Waals surface area contributed by atoms with Gasteiger partial charge in [-0.25, -0.2) is 0 Å². The van der Waals surface area contributed by atoms with Crippen molar-refractivity contribution in [2.45, 2.75) is 0 Å². The van der Waals surface area contributed by atoms with Crippen molar-refractivity contribution in [1.29, 1.82) is 15.8 Å². The van der Waals surface area contributed by atoms with Gasteiger partial charge in [0.25, 0.3) is 0 Å². The van der Waals surface area contributed by atoms with E-state index >= 15 is 0 Å². The SMILES string of the molecule is C#CC(C#N)=c1ccc(=C(C#N)C#N)cc1. The summed E-state index contributed by atoms with van der Waals surface area (Å²) in [7, 11) is 0. The van der Waals surface area contributed by atoms with Gasteiger partial charge in [-0.15, -0.1) is 6.42 Å². The lowest BCUT2D eigenvalue weighted by molar-refractivity contribution is 1.47. The second-order valence-electron chi connectivity index (χ2n) is 2.81. The highest BCUT2D eigenvalue weighted by atomic mass is 14.3. The molecule has 0 heterocycles. The van der Waals surface area contributed by atoms with E-state index in [0.717, 1.165) is 0 Å². The molecular formula is C13H5N3. The van der Waals surface area contributed by atoms with Gasteiger partial charge in [-0.1, -0.05) is 30.2 Å². The zero-order chi connectivity index (χ0) is 12.0. The molecule has 0 aliphatic rings. The number of benzene rings is 1. The highest BCUT2D eigenvalue weighted by Crippen LogP contribution is 1.88. The molecule has 3 nitrogen and oxygen atoms in total. The zero-order valence-electron chi connectivity index (χ0n) is 8.23. The largest absolute Gasteiger partial charge is 0.192 e. The Balaban J connectivity index is 3.58. The van der Waals surface area contributed by atoms with Crippen molar-refractivity contribution in [2.24, 2.45) is 0 Å². The Kier molecular flexibility index (Phi) is 3.47. The van der Waals surface area contributed by atoms with E-state index in [4.69, 9.17) is 22.2 Å². The van der Waals surface area contributed by atoms with Gasteiger partial charge in [0, 0.05) is 10.4 Å². The Morgan fingerprint density at radius 2 is 1.19 bits per heavy atom. The van der Waals surface area contributed by atoms with E-state index in [0.29, 0.717) is 10.4 Å². The van der Waals surface area contributed by atoms with Crippen LogP contribution in [0.15, 0.2) is 24.3 Å². The van der Waals surface area contributed by atoms with Crippen LogP contribution in [-0.4, -0.2) is 0 Å². The Bertz CT molecular complexity index is 580. The predicted octanol–water partition coefficient (Wildman–Crippen LogP) is 0.192. The second-order valence-corrected chi connectivity index (χ2v) is 2.81. The number of nitriles is 3. The summed E-state index contributed by atoms with van der Waals surface area (Å²) in [5.74, 6) is 2.26. The molecule has 0 unspecified atom stereocenters. The first-order valence-corrected chi connectivity index (χ1v) is 4.28. The molecule has 0 spiro atoms. The van der Waals surface area contributed by atoms with Crippen LogP contribution < -0.4 is 10.4 Å². The molecule has 0 radical (unpaired) electrons. The Hall–Kier alpha value is -3.01. The molecule has 0 amide bonds. The molecule has 1 rings (SSSR count). The molecule has 0 saturated heterocycles. The summed E-state index contributed by atoms with van der Waals surface area (Å²) >= 11 is 0. The van der Waals surface area contributed by atoms with Gasteiger partial charge in [0.15, 0.2) is 0 Å². The molecular weight excluding hydrogens is 198 g/mol. The van der Waals surface area contributed by atoms with Crippen LogP contribution >= 0.6 is 0 Å². The Morgan fingerprint density at radius 3 is 1.50 bits per heavy atom. The number of terminal acetylenes is 1. The molecule has 0 bridgehead atoms. The number of hydrogen-bond donors (Lipinski definition) is 0. The maximum atomic E-state index is 8.71. The average molecular weight is 203 g/mol. The predicted molar refractivity (Wildman–Crippen MR) is 58.2 cm³/mol. The lowest BCUT2D eigenvalue weighted by Gasteiger charge is -1.88. The van der Waals surface area contributed by atoms with E-state index in [2.05, 4.69) is 5.92 Å². The van der Waals surface area contributed by atoms with E-state index < -0.39 is 0 Å². The van der Waals surface area contributed by atoms with Crippen LogP contribution in [0.25, 0.3) is 11.1 Å². The molecule has 1 aromatic rings. The summed E-state index contributed by atoms with van der Waals surface area (Å²) in [6.07, 6.45) is 5.15. The van der Waals surface area contributed by atoms with Crippen molar-refractivity contribution in [3.05, 3.63) is 34.7 Å². The fourth-order valence-electron chi connectivity index (χ4n) is 1.14. The highest BCUT2D eigenvalue weighted by molar-refractivity contribution is 5.75. The summed E-state index contributed by atoms with van der Waals surface area (Å²) in [6.45, 7) is 0. The molecule has 1 aromatic carbocycles. The zero-order valence-corrected chi connectivity index (χ0v) is 8.23. The lowest BCUT2D eigenvalue weighted by Crippen LogP contribution is -2.11. The van der Waals surface area contributed by atoms with Gasteiger partial charge in [0.2, 0.25) is 0 Å². The van der Waals surface area contributed by atoms with E-state index in [1.807, 2.05) is 6.07 Å². The smallest absolute Gasteiger partial charge is 0.136 e. The van der Waals surface area contributed by atoms with Gasteiger partial charge >= 0.3 is 0 Å². The third-order valence-electron chi connectivity index (χ3n) is 1.94. The standard InChI is InChI=1S/C13H5N3/c1-2-10(7-14)11-3-5-12(6-4-11)13(8-15)9-16/h1,3-6H. The van der Waals surface area contributed by atoms with Gasteiger partial charge in [-0.05, 0) is 0 Å². The van der Waals surface area contributed by atoms with Crippen LogP contribution in [0.2, 0.25) is 0 Å². The Labute approximate surface area is 92.8 Å². The van der Waals surface area contributed by atoms with E-state index in [1.165, 1.54) is 0 Å². The molecule has 72 valence electrons. The van der Waals surface area contributed by atoms with Gasteiger partial charge in [-0.3, -0.25) is 0 Å². The van der Waals surface area contributed by atoms with Gasteiger partial charge in [-0.2, -0.15) is 15.8 Å². The minimum Gasteiger partial charge on any atom is -0.192 e. The summed E-state index contributed by atoms with van der Waals surface area (Å²) in [4.78, 5) is 0. The molecule has 16 heavy (non-hydrogen) atoms. The summed E-state index contributed by atoms with van der Waals surface area (Å²) in [6, 6.07) is 11.9. The minimum absolute atomic E-state index is 0.0331. The van der Waals surface area contributed by atoms with Crippen LogP contribution in [0.4, 0.5) is 0 Å². The van der Waals surface area contributed by atoms with Crippen LogP contribution in [-0.2, 0) is 0 Å². The van der Waals surface area contributed by atoms with Crippen molar-refractivity contribution in [2.75, 3.05) is 0 Å². The fourth-order valence-corrected chi connectivity index (χ4v) is 1.14. The normalized spacial score (nSPS) is 7.75. The molecule has 0 saturated carbocycles. The van der Waals surface area contributed by atoms with Crippen molar-refractivity contribution in [1.82, 2.24) is 0 Å².